The lowest BCUT2D eigenvalue weighted by atomic mass is 9.94. The molecule has 2 aliphatic rings. The van der Waals surface area contributed by atoms with Crippen LogP contribution in [0.15, 0.2) is 60.7 Å². The van der Waals surface area contributed by atoms with Gasteiger partial charge in [-0.25, -0.2) is 9.78 Å². The van der Waals surface area contributed by atoms with E-state index in [0.29, 0.717) is 29.0 Å². The average Bonchev–Trinajstić information content (AvgIpc) is 3.59. The average molecular weight is 561 g/mol. The Bertz CT molecular complexity index is 1560. The normalized spacial score (nSPS) is 19.3. The molecule has 0 bridgehead atoms. The van der Waals surface area contributed by atoms with Gasteiger partial charge in [0.05, 0.1) is 23.9 Å². The number of carbonyl (C=O) groups is 3. The van der Waals surface area contributed by atoms with Crippen LogP contribution < -0.4 is 14.4 Å². The van der Waals surface area contributed by atoms with Gasteiger partial charge in [0, 0.05) is 12.0 Å². The molecule has 2 aromatic carbocycles. The summed E-state index contributed by atoms with van der Waals surface area (Å²) in [4.78, 5) is 45.5. The maximum Gasteiger partial charge on any atom is 0.350 e. The number of aromatic nitrogens is 1. The first kappa shape index (κ1) is 27.1. The molecule has 1 N–H and O–H groups in total. The van der Waals surface area contributed by atoms with Crippen molar-refractivity contribution in [3.63, 3.8) is 0 Å². The molecular weight excluding hydrogens is 532 g/mol. The Morgan fingerprint density at radius 1 is 1.27 bits per heavy atom. The second kappa shape index (κ2) is 11.0. The Morgan fingerprint density at radius 2 is 2.08 bits per heavy atom. The van der Waals surface area contributed by atoms with Crippen LogP contribution in [-0.4, -0.2) is 47.1 Å². The van der Waals surface area contributed by atoms with Gasteiger partial charge in [0.1, 0.15) is 34.8 Å². The van der Waals surface area contributed by atoms with Crippen molar-refractivity contribution in [3.05, 3.63) is 88.0 Å². The third-order valence-corrected chi connectivity index (χ3v) is 7.74. The van der Waals surface area contributed by atoms with Gasteiger partial charge in [-0.05, 0) is 62.2 Å². The van der Waals surface area contributed by atoms with Gasteiger partial charge in [0.25, 0.3) is 5.78 Å². The van der Waals surface area contributed by atoms with Gasteiger partial charge < -0.3 is 19.3 Å². The molecule has 10 heteroatoms. The van der Waals surface area contributed by atoms with Gasteiger partial charge in [0.15, 0.2) is 5.13 Å². The van der Waals surface area contributed by atoms with Crippen molar-refractivity contribution in [3.8, 4) is 11.5 Å². The Labute approximate surface area is 235 Å². The molecule has 3 heterocycles. The van der Waals surface area contributed by atoms with Crippen LogP contribution in [0.1, 0.15) is 51.9 Å². The molecule has 0 radical (unpaired) electrons. The van der Waals surface area contributed by atoms with Crippen LogP contribution in [0.2, 0.25) is 0 Å². The molecule has 9 nitrogen and oxygen atoms in total. The minimum absolute atomic E-state index is 0.00183. The minimum Gasteiger partial charge on any atom is -0.507 e. The first-order valence-electron chi connectivity index (χ1n) is 12.8. The van der Waals surface area contributed by atoms with Crippen molar-refractivity contribution in [1.82, 2.24) is 4.98 Å². The zero-order valence-electron chi connectivity index (χ0n) is 22.3. The van der Waals surface area contributed by atoms with Crippen LogP contribution in [0.25, 0.3) is 5.76 Å². The lowest BCUT2D eigenvalue weighted by Gasteiger charge is -2.23. The predicted octanol–water partition coefficient (Wildman–Crippen LogP) is 5.14. The molecule has 2 aliphatic heterocycles. The molecule has 0 aliphatic carbocycles. The monoisotopic (exact) mass is 560 g/mol. The van der Waals surface area contributed by atoms with Crippen LogP contribution in [0, 0.1) is 6.92 Å². The quantitative estimate of drug-likeness (QED) is 0.132. The molecule has 2 atom stereocenters. The Kier molecular flexibility index (Phi) is 7.44. The van der Waals surface area contributed by atoms with Gasteiger partial charge in [-0.1, -0.05) is 36.1 Å². The molecule has 1 amide bonds. The third-order valence-electron chi connectivity index (χ3n) is 6.61. The fraction of sp³-hybridized carbons (Fsp3) is 0.267. The predicted molar refractivity (Wildman–Crippen MR) is 150 cm³/mol. The topological polar surface area (TPSA) is 115 Å². The molecule has 1 aromatic heterocycles. The van der Waals surface area contributed by atoms with E-state index in [4.69, 9.17) is 14.2 Å². The number of amides is 1. The number of aryl methyl sites for hydroxylation is 1. The number of hydrogen-bond donors (Lipinski definition) is 1. The summed E-state index contributed by atoms with van der Waals surface area (Å²) in [6.07, 6.45) is 2.26. The van der Waals surface area contributed by atoms with E-state index in [-0.39, 0.29) is 40.7 Å². The van der Waals surface area contributed by atoms with Crippen molar-refractivity contribution in [2.45, 2.75) is 39.3 Å². The molecule has 40 heavy (non-hydrogen) atoms. The summed E-state index contributed by atoms with van der Waals surface area (Å²) in [6, 6.07) is 11.1. The number of aliphatic hydroxyl groups is 1. The highest BCUT2D eigenvalue weighted by atomic mass is 32.1. The number of benzene rings is 2. The van der Waals surface area contributed by atoms with E-state index in [0.717, 1.165) is 22.6 Å². The van der Waals surface area contributed by atoms with Crippen LogP contribution in [0.3, 0.4) is 0 Å². The molecular formula is C30H28N2O7S. The van der Waals surface area contributed by atoms with E-state index in [9.17, 15) is 19.5 Å². The number of ketones is 1. The van der Waals surface area contributed by atoms with Gasteiger partial charge >= 0.3 is 11.9 Å². The Balaban J connectivity index is 1.67. The molecule has 3 aromatic rings. The Hall–Kier alpha value is -4.44. The van der Waals surface area contributed by atoms with Crippen molar-refractivity contribution in [2.75, 3.05) is 18.1 Å². The molecule has 1 saturated heterocycles. The molecule has 1 fully saturated rings. The summed E-state index contributed by atoms with van der Waals surface area (Å²) in [5.74, 6) is -1.40. The van der Waals surface area contributed by atoms with Crippen LogP contribution in [0.5, 0.6) is 11.5 Å². The van der Waals surface area contributed by atoms with Crippen molar-refractivity contribution >= 4 is 39.9 Å². The lowest BCUT2D eigenvalue weighted by Crippen LogP contribution is -2.29. The number of esters is 1. The van der Waals surface area contributed by atoms with Crippen LogP contribution >= 0.6 is 11.3 Å². The first-order chi connectivity index (χ1) is 19.2. The molecule has 5 rings (SSSR count). The zero-order chi connectivity index (χ0) is 28.6. The number of Topliss-reactive ketones (excluding diaryl/α,β-unsaturated/α-hetero) is 1. The summed E-state index contributed by atoms with van der Waals surface area (Å²) < 4.78 is 16.6. The molecule has 2 unspecified atom stereocenters. The summed E-state index contributed by atoms with van der Waals surface area (Å²) >= 11 is 0.955. The van der Waals surface area contributed by atoms with E-state index in [1.807, 2.05) is 6.92 Å². The largest absolute Gasteiger partial charge is 0.507 e. The van der Waals surface area contributed by atoms with Gasteiger partial charge in [-0.3, -0.25) is 14.5 Å². The number of hydrogen-bond acceptors (Lipinski definition) is 9. The number of nitrogens with zero attached hydrogens (tertiary/aromatic N) is 2. The fourth-order valence-electron chi connectivity index (χ4n) is 4.87. The third kappa shape index (κ3) is 4.86. The highest BCUT2D eigenvalue weighted by Crippen LogP contribution is 2.45. The number of thiazole rings is 1. The molecule has 0 saturated carbocycles. The number of carbonyl (C=O) groups excluding carboxylic acids is 3. The first-order valence-corrected chi connectivity index (χ1v) is 13.6. The summed E-state index contributed by atoms with van der Waals surface area (Å²) in [5.41, 5.74) is 2.09. The van der Waals surface area contributed by atoms with E-state index >= 15 is 0 Å². The SMILES string of the molecule is C=CCOc1cccc(C2/C(=C(\O)c3ccc4c(c3)CC(C)O4)C(=O)C(=O)N2c2nc(C)c(C(=O)OCC)s2)c1. The van der Waals surface area contributed by atoms with Crippen LogP contribution in [0.4, 0.5) is 5.13 Å². The van der Waals surface area contributed by atoms with E-state index in [1.54, 1.807) is 62.4 Å². The lowest BCUT2D eigenvalue weighted by molar-refractivity contribution is -0.132. The van der Waals surface area contributed by atoms with E-state index in [1.165, 1.54) is 4.90 Å². The van der Waals surface area contributed by atoms with Crippen molar-refractivity contribution in [1.29, 1.82) is 0 Å². The zero-order valence-corrected chi connectivity index (χ0v) is 23.1. The summed E-state index contributed by atoms with van der Waals surface area (Å²) in [5, 5.41) is 11.7. The maximum atomic E-state index is 13.6. The van der Waals surface area contributed by atoms with Crippen molar-refractivity contribution < 1.29 is 33.7 Å². The number of anilines is 1. The smallest absolute Gasteiger partial charge is 0.350 e. The summed E-state index contributed by atoms with van der Waals surface area (Å²) in [7, 11) is 0. The highest BCUT2D eigenvalue weighted by Gasteiger charge is 2.48. The van der Waals surface area contributed by atoms with E-state index in [2.05, 4.69) is 11.6 Å². The van der Waals surface area contributed by atoms with Gasteiger partial charge in [-0.2, -0.15) is 0 Å². The van der Waals surface area contributed by atoms with Gasteiger partial charge in [0.2, 0.25) is 0 Å². The van der Waals surface area contributed by atoms with Gasteiger partial charge in [-0.15, -0.1) is 0 Å². The van der Waals surface area contributed by atoms with Crippen molar-refractivity contribution in [2.24, 2.45) is 0 Å². The number of aliphatic hydroxyl groups excluding tert-OH is 1. The second-order valence-electron chi connectivity index (χ2n) is 9.43. The number of rotatable bonds is 8. The molecule has 0 spiro atoms. The number of fused-ring (bicyclic) bond motifs is 1. The summed E-state index contributed by atoms with van der Waals surface area (Å²) in [6.45, 7) is 9.38. The molecule has 206 valence electrons. The van der Waals surface area contributed by atoms with E-state index < -0.39 is 23.7 Å². The fourth-order valence-corrected chi connectivity index (χ4v) is 5.86. The highest BCUT2D eigenvalue weighted by molar-refractivity contribution is 7.17. The number of ether oxygens (including phenoxy) is 3. The Morgan fingerprint density at radius 3 is 2.83 bits per heavy atom. The van der Waals surface area contributed by atoms with Crippen LogP contribution in [-0.2, 0) is 20.7 Å². The standard InChI is InChI=1S/C30H28N2O7S/c1-5-12-38-21-9-7-8-18(15-21)24-23(25(33)19-10-11-22-20(14-19)13-16(3)39-22)26(34)28(35)32(24)30-31-17(4)27(40-30)29(36)37-6-2/h5,7-11,14-16,24,33H,1,6,12-13H2,2-4H3/b25-23+. The minimum atomic E-state index is -1.03. The second-order valence-corrected chi connectivity index (χ2v) is 10.4. The maximum absolute atomic E-state index is 13.6.